The summed E-state index contributed by atoms with van der Waals surface area (Å²) in [6.07, 6.45) is 0. The van der Waals surface area contributed by atoms with Gasteiger partial charge in [0.05, 0.1) is 26.5 Å². The molecule has 32 heavy (non-hydrogen) atoms. The fraction of sp³-hybridized carbons (Fsp3) is 0.333. The van der Waals surface area contributed by atoms with Gasteiger partial charge in [0.15, 0.2) is 5.13 Å². The zero-order valence-corrected chi connectivity index (χ0v) is 19.2. The van der Waals surface area contributed by atoms with Gasteiger partial charge in [-0.15, -0.1) is 11.3 Å². The number of rotatable bonds is 9. The van der Waals surface area contributed by atoms with Crippen LogP contribution >= 0.6 is 11.3 Å². The highest BCUT2D eigenvalue weighted by Gasteiger charge is 2.19. The molecular formula is C24H28N4O3S. The highest BCUT2D eigenvalue weighted by molar-refractivity contribution is 7.13. The van der Waals surface area contributed by atoms with Crippen LogP contribution in [-0.4, -0.2) is 49.6 Å². The molecule has 0 unspecified atom stereocenters. The zero-order valence-electron chi connectivity index (χ0n) is 18.4. The first-order chi connectivity index (χ1) is 15.6. The summed E-state index contributed by atoms with van der Waals surface area (Å²) in [6, 6.07) is 16.2. The SMILES string of the molecule is COc1cccc(CN(Cc2cccc(OC)c2)c2nc(CN3CCNC(=O)C3)cs2)c1. The van der Waals surface area contributed by atoms with Crippen molar-refractivity contribution in [2.24, 2.45) is 0 Å². The molecule has 3 aromatic rings. The number of aromatic nitrogens is 1. The molecule has 0 aliphatic carbocycles. The first kappa shape index (κ1) is 22.1. The third-order valence-corrected chi connectivity index (χ3v) is 6.28. The molecule has 0 radical (unpaired) electrons. The molecule has 1 N–H and O–H groups in total. The maximum atomic E-state index is 11.7. The highest BCUT2D eigenvalue weighted by atomic mass is 32.1. The Hall–Kier alpha value is -3.10. The molecule has 1 fully saturated rings. The normalized spacial score (nSPS) is 14.1. The van der Waals surface area contributed by atoms with E-state index in [1.165, 1.54) is 0 Å². The molecule has 2 heterocycles. The summed E-state index contributed by atoms with van der Waals surface area (Å²) in [5, 5.41) is 5.91. The first-order valence-corrected chi connectivity index (χ1v) is 11.4. The second-order valence-electron chi connectivity index (χ2n) is 7.74. The van der Waals surface area contributed by atoms with Gasteiger partial charge in [0.1, 0.15) is 11.5 Å². The molecule has 4 rings (SSSR count). The van der Waals surface area contributed by atoms with Crippen LogP contribution in [0.25, 0.3) is 0 Å². The fourth-order valence-corrected chi connectivity index (χ4v) is 4.56. The predicted octanol–water partition coefficient (Wildman–Crippen LogP) is 3.30. The molecule has 1 amide bonds. The monoisotopic (exact) mass is 452 g/mol. The van der Waals surface area contributed by atoms with Crippen LogP contribution in [-0.2, 0) is 24.4 Å². The number of methoxy groups -OCH3 is 2. The summed E-state index contributed by atoms with van der Waals surface area (Å²) in [5.74, 6) is 1.75. The van der Waals surface area contributed by atoms with Crippen molar-refractivity contribution in [3.05, 3.63) is 70.7 Å². The lowest BCUT2D eigenvalue weighted by atomic mass is 10.1. The molecule has 8 heteroatoms. The molecule has 2 aromatic carbocycles. The molecule has 168 valence electrons. The van der Waals surface area contributed by atoms with Crippen LogP contribution in [0, 0.1) is 0 Å². The largest absolute Gasteiger partial charge is 0.497 e. The number of carbonyl (C=O) groups is 1. The number of amides is 1. The van der Waals surface area contributed by atoms with E-state index in [2.05, 4.69) is 44.8 Å². The van der Waals surface area contributed by atoms with E-state index < -0.39 is 0 Å². The highest BCUT2D eigenvalue weighted by Crippen LogP contribution is 2.27. The lowest BCUT2D eigenvalue weighted by Gasteiger charge is -2.25. The van der Waals surface area contributed by atoms with Crippen LogP contribution in [0.1, 0.15) is 16.8 Å². The number of benzene rings is 2. The maximum Gasteiger partial charge on any atom is 0.234 e. The van der Waals surface area contributed by atoms with Gasteiger partial charge in [0, 0.05) is 38.1 Å². The van der Waals surface area contributed by atoms with Crippen molar-refractivity contribution in [1.29, 1.82) is 0 Å². The number of nitrogens with zero attached hydrogens (tertiary/aromatic N) is 3. The van der Waals surface area contributed by atoms with Gasteiger partial charge in [0.25, 0.3) is 0 Å². The van der Waals surface area contributed by atoms with Gasteiger partial charge in [-0.2, -0.15) is 0 Å². The number of ether oxygens (including phenoxy) is 2. The molecule has 1 aliphatic heterocycles. The van der Waals surface area contributed by atoms with Crippen molar-refractivity contribution < 1.29 is 14.3 Å². The minimum atomic E-state index is 0.0735. The Morgan fingerprint density at radius 3 is 2.31 bits per heavy atom. The molecule has 1 aliphatic rings. The second kappa shape index (κ2) is 10.5. The van der Waals surface area contributed by atoms with Crippen LogP contribution in [0.4, 0.5) is 5.13 Å². The Labute approximate surface area is 192 Å². The molecular weight excluding hydrogens is 424 g/mol. The van der Waals surface area contributed by atoms with Gasteiger partial charge in [-0.05, 0) is 35.4 Å². The minimum Gasteiger partial charge on any atom is -0.497 e. The number of hydrogen-bond donors (Lipinski definition) is 1. The molecule has 1 aromatic heterocycles. The van der Waals surface area contributed by atoms with Crippen molar-refractivity contribution in [2.45, 2.75) is 19.6 Å². The first-order valence-electron chi connectivity index (χ1n) is 10.6. The lowest BCUT2D eigenvalue weighted by Crippen LogP contribution is -2.47. The topological polar surface area (TPSA) is 66.9 Å². The molecule has 0 spiro atoms. The Balaban J connectivity index is 1.55. The number of thiazole rings is 1. The van der Waals surface area contributed by atoms with Crippen LogP contribution in [0.15, 0.2) is 53.9 Å². The van der Waals surface area contributed by atoms with Crippen molar-refractivity contribution >= 4 is 22.4 Å². The van der Waals surface area contributed by atoms with Gasteiger partial charge in [-0.3, -0.25) is 9.69 Å². The average Bonchev–Trinajstić information content (AvgIpc) is 3.27. The Kier molecular flexibility index (Phi) is 7.24. The van der Waals surface area contributed by atoms with E-state index in [9.17, 15) is 4.79 Å². The van der Waals surface area contributed by atoms with Crippen LogP contribution < -0.4 is 19.7 Å². The fourth-order valence-electron chi connectivity index (χ4n) is 3.74. The number of piperazine rings is 1. The van der Waals surface area contributed by atoms with E-state index in [0.717, 1.165) is 40.0 Å². The third kappa shape index (κ3) is 5.77. The van der Waals surface area contributed by atoms with Gasteiger partial charge in [0.2, 0.25) is 5.91 Å². The molecule has 0 saturated carbocycles. The van der Waals surface area contributed by atoms with Crippen molar-refractivity contribution in [2.75, 3.05) is 38.8 Å². The standard InChI is InChI=1S/C24H28N4O3S/c1-30-21-7-3-5-18(11-21)13-28(14-19-6-4-8-22(12-19)31-2)24-26-20(17-32-24)15-27-10-9-25-23(29)16-27/h3-8,11-12,17H,9-10,13-16H2,1-2H3,(H,25,29). The molecule has 7 nitrogen and oxygen atoms in total. The summed E-state index contributed by atoms with van der Waals surface area (Å²) in [6.45, 7) is 4.03. The molecule has 0 bridgehead atoms. The number of nitrogens with one attached hydrogen (secondary N) is 1. The number of hydrogen-bond acceptors (Lipinski definition) is 7. The number of anilines is 1. The van der Waals surface area contributed by atoms with Crippen molar-refractivity contribution in [3.8, 4) is 11.5 Å². The van der Waals surface area contributed by atoms with Gasteiger partial charge in [-0.25, -0.2) is 4.98 Å². The Morgan fingerprint density at radius 2 is 1.72 bits per heavy atom. The van der Waals surface area contributed by atoms with Gasteiger partial charge >= 0.3 is 0 Å². The van der Waals surface area contributed by atoms with E-state index in [1.807, 2.05) is 24.3 Å². The van der Waals surface area contributed by atoms with Gasteiger partial charge in [-0.1, -0.05) is 24.3 Å². The molecule has 1 saturated heterocycles. The second-order valence-corrected chi connectivity index (χ2v) is 8.58. The maximum absolute atomic E-state index is 11.7. The van der Waals surface area contributed by atoms with E-state index >= 15 is 0 Å². The van der Waals surface area contributed by atoms with Gasteiger partial charge < -0.3 is 19.7 Å². The van der Waals surface area contributed by atoms with Crippen LogP contribution in [0.2, 0.25) is 0 Å². The minimum absolute atomic E-state index is 0.0735. The van der Waals surface area contributed by atoms with Crippen molar-refractivity contribution in [3.63, 3.8) is 0 Å². The number of carbonyl (C=O) groups excluding carboxylic acids is 1. The summed E-state index contributed by atoms with van der Waals surface area (Å²) < 4.78 is 10.8. The average molecular weight is 453 g/mol. The van der Waals surface area contributed by atoms with Crippen molar-refractivity contribution in [1.82, 2.24) is 15.2 Å². The summed E-state index contributed by atoms with van der Waals surface area (Å²) in [4.78, 5) is 21.0. The van der Waals surface area contributed by atoms with E-state index in [1.54, 1.807) is 25.6 Å². The third-order valence-electron chi connectivity index (χ3n) is 5.33. The lowest BCUT2D eigenvalue weighted by molar-refractivity contribution is -0.124. The summed E-state index contributed by atoms with van der Waals surface area (Å²) >= 11 is 1.63. The Morgan fingerprint density at radius 1 is 1.06 bits per heavy atom. The van der Waals surface area contributed by atoms with E-state index in [4.69, 9.17) is 14.5 Å². The van der Waals surface area contributed by atoms with Crippen LogP contribution in [0.5, 0.6) is 11.5 Å². The summed E-state index contributed by atoms with van der Waals surface area (Å²) in [5.41, 5.74) is 3.29. The zero-order chi connectivity index (χ0) is 22.3. The molecule has 0 atom stereocenters. The van der Waals surface area contributed by atoms with Crippen LogP contribution in [0.3, 0.4) is 0 Å². The predicted molar refractivity (Wildman–Crippen MR) is 126 cm³/mol. The summed E-state index contributed by atoms with van der Waals surface area (Å²) in [7, 11) is 3.36. The van der Waals surface area contributed by atoms with E-state index in [-0.39, 0.29) is 5.91 Å². The quantitative estimate of drug-likeness (QED) is 0.537. The Bertz CT molecular complexity index is 1010. The smallest absolute Gasteiger partial charge is 0.234 e. The van der Waals surface area contributed by atoms with E-state index in [0.29, 0.717) is 32.7 Å².